The fourth-order valence-corrected chi connectivity index (χ4v) is 5.43. The molecule has 2 aromatic carbocycles. The zero-order chi connectivity index (χ0) is 24.9. The summed E-state index contributed by atoms with van der Waals surface area (Å²) in [5, 5.41) is 14.7. The Morgan fingerprint density at radius 3 is 2.36 bits per heavy atom. The Balaban J connectivity index is 1.18. The normalized spacial score (nSPS) is 14.5. The molecule has 36 heavy (non-hydrogen) atoms. The molecule has 0 spiro atoms. The van der Waals surface area contributed by atoms with E-state index < -0.39 is 5.97 Å². The van der Waals surface area contributed by atoms with Crippen LogP contribution in [-0.4, -0.2) is 77.0 Å². The Hall–Kier alpha value is -3.27. The Bertz CT molecular complexity index is 1260. The molecule has 0 saturated carbocycles. The van der Waals surface area contributed by atoms with Crippen LogP contribution in [0.2, 0.25) is 0 Å². The molecule has 188 valence electrons. The van der Waals surface area contributed by atoms with Gasteiger partial charge in [0.05, 0.1) is 17.5 Å². The van der Waals surface area contributed by atoms with Gasteiger partial charge < -0.3 is 14.7 Å². The SMILES string of the molecule is COCCCCCN1CCN(c2ccc(-c3nn4cc(-c5ccc(C(=O)O)cc5)nc4s3)cc2)CC1. The molecule has 5 rings (SSSR count). The highest BCUT2D eigenvalue weighted by atomic mass is 32.1. The molecular formula is C27H31N5O3S. The molecule has 0 aliphatic carbocycles. The molecule has 2 aromatic heterocycles. The average Bonchev–Trinajstić information content (AvgIpc) is 3.49. The quantitative estimate of drug-likeness (QED) is 0.311. The van der Waals surface area contributed by atoms with Crippen molar-refractivity contribution in [3.8, 4) is 21.8 Å². The van der Waals surface area contributed by atoms with E-state index in [0.29, 0.717) is 0 Å². The number of rotatable bonds is 10. The molecule has 0 unspecified atom stereocenters. The van der Waals surface area contributed by atoms with Crippen LogP contribution in [0.25, 0.3) is 26.8 Å². The van der Waals surface area contributed by atoms with Crippen molar-refractivity contribution in [2.75, 3.05) is 51.3 Å². The number of piperazine rings is 1. The molecule has 4 aromatic rings. The van der Waals surface area contributed by atoms with Crippen LogP contribution in [0, 0.1) is 0 Å². The van der Waals surface area contributed by atoms with Crippen molar-refractivity contribution in [1.82, 2.24) is 19.5 Å². The summed E-state index contributed by atoms with van der Waals surface area (Å²) in [6.45, 7) is 6.37. The van der Waals surface area contributed by atoms with Crippen molar-refractivity contribution in [2.45, 2.75) is 19.3 Å². The summed E-state index contributed by atoms with van der Waals surface area (Å²) in [7, 11) is 1.77. The predicted molar refractivity (Wildman–Crippen MR) is 143 cm³/mol. The molecule has 0 bridgehead atoms. The van der Waals surface area contributed by atoms with Gasteiger partial charge in [0, 0.05) is 56.7 Å². The van der Waals surface area contributed by atoms with Gasteiger partial charge in [-0.25, -0.2) is 14.3 Å². The first kappa shape index (κ1) is 24.4. The van der Waals surface area contributed by atoms with Crippen LogP contribution < -0.4 is 4.90 Å². The first-order chi connectivity index (χ1) is 17.6. The van der Waals surface area contributed by atoms with Gasteiger partial charge in [0.15, 0.2) is 0 Å². The molecule has 9 heteroatoms. The Kier molecular flexibility index (Phi) is 7.60. The first-order valence-electron chi connectivity index (χ1n) is 12.4. The van der Waals surface area contributed by atoms with Gasteiger partial charge >= 0.3 is 5.97 Å². The van der Waals surface area contributed by atoms with Crippen LogP contribution in [0.3, 0.4) is 0 Å². The summed E-state index contributed by atoms with van der Waals surface area (Å²) >= 11 is 1.55. The van der Waals surface area contributed by atoms with Gasteiger partial charge in [-0.2, -0.15) is 5.10 Å². The van der Waals surface area contributed by atoms with E-state index in [0.717, 1.165) is 66.0 Å². The fraction of sp³-hybridized carbons (Fsp3) is 0.370. The maximum Gasteiger partial charge on any atom is 0.335 e. The second-order valence-electron chi connectivity index (χ2n) is 9.07. The Labute approximate surface area is 214 Å². The van der Waals surface area contributed by atoms with Crippen molar-refractivity contribution in [2.24, 2.45) is 0 Å². The van der Waals surface area contributed by atoms with Crippen molar-refractivity contribution >= 4 is 28.0 Å². The third kappa shape index (κ3) is 5.59. The van der Waals surface area contributed by atoms with Crippen LogP contribution in [0.15, 0.2) is 54.7 Å². The lowest BCUT2D eigenvalue weighted by Crippen LogP contribution is -2.46. The largest absolute Gasteiger partial charge is 0.478 e. The number of ether oxygens (including phenoxy) is 1. The van der Waals surface area contributed by atoms with Gasteiger partial charge in [0.25, 0.3) is 0 Å². The van der Waals surface area contributed by atoms with Crippen LogP contribution in [0.5, 0.6) is 0 Å². The van der Waals surface area contributed by atoms with Gasteiger partial charge in [0.2, 0.25) is 4.96 Å². The van der Waals surface area contributed by atoms with Gasteiger partial charge in [0.1, 0.15) is 5.01 Å². The second kappa shape index (κ2) is 11.2. The van der Waals surface area contributed by atoms with E-state index in [4.69, 9.17) is 14.9 Å². The number of carboxylic acid groups (broad SMARTS) is 1. The molecule has 0 radical (unpaired) electrons. The lowest BCUT2D eigenvalue weighted by molar-refractivity contribution is 0.0697. The zero-order valence-corrected chi connectivity index (χ0v) is 21.3. The molecule has 0 amide bonds. The third-order valence-corrected chi connectivity index (χ3v) is 7.62. The summed E-state index contributed by atoms with van der Waals surface area (Å²) in [6, 6.07) is 15.4. The van der Waals surface area contributed by atoms with Crippen LogP contribution in [0.4, 0.5) is 5.69 Å². The number of hydrogen-bond acceptors (Lipinski definition) is 7. The smallest absolute Gasteiger partial charge is 0.335 e. The predicted octanol–water partition coefficient (Wildman–Crippen LogP) is 4.76. The van der Waals surface area contributed by atoms with Gasteiger partial charge in [-0.05, 0) is 62.2 Å². The van der Waals surface area contributed by atoms with Gasteiger partial charge in [-0.1, -0.05) is 23.5 Å². The molecule has 1 fully saturated rings. The second-order valence-corrected chi connectivity index (χ2v) is 10.0. The summed E-state index contributed by atoms with van der Waals surface area (Å²) in [4.78, 5) is 21.6. The number of imidazole rings is 1. The summed E-state index contributed by atoms with van der Waals surface area (Å²) in [5.41, 5.74) is 4.25. The molecule has 8 nitrogen and oxygen atoms in total. The molecule has 3 heterocycles. The monoisotopic (exact) mass is 505 g/mol. The van der Waals surface area contributed by atoms with Crippen LogP contribution in [0.1, 0.15) is 29.6 Å². The number of nitrogens with zero attached hydrogens (tertiary/aromatic N) is 5. The molecular weight excluding hydrogens is 474 g/mol. The van der Waals surface area contributed by atoms with Crippen molar-refractivity contribution in [3.05, 3.63) is 60.3 Å². The first-order valence-corrected chi connectivity index (χ1v) is 13.2. The van der Waals surface area contributed by atoms with Crippen molar-refractivity contribution in [3.63, 3.8) is 0 Å². The highest BCUT2D eigenvalue weighted by molar-refractivity contribution is 7.19. The minimum Gasteiger partial charge on any atom is -0.478 e. The van der Waals surface area contributed by atoms with E-state index in [1.165, 1.54) is 25.1 Å². The molecule has 1 aliphatic heterocycles. The number of hydrogen-bond donors (Lipinski definition) is 1. The summed E-state index contributed by atoms with van der Waals surface area (Å²) in [5.74, 6) is -0.934. The van der Waals surface area contributed by atoms with Crippen molar-refractivity contribution < 1.29 is 14.6 Å². The molecule has 1 N–H and O–H groups in total. The topological polar surface area (TPSA) is 83.2 Å². The van der Waals surface area contributed by atoms with Crippen LogP contribution >= 0.6 is 11.3 Å². The van der Waals surface area contributed by atoms with E-state index in [1.54, 1.807) is 47.2 Å². The number of carboxylic acids is 1. The molecule has 1 saturated heterocycles. The number of aromatic nitrogens is 3. The highest BCUT2D eigenvalue weighted by Gasteiger charge is 2.17. The minimum absolute atomic E-state index is 0.263. The Morgan fingerprint density at radius 2 is 1.69 bits per heavy atom. The van der Waals surface area contributed by atoms with Crippen molar-refractivity contribution in [1.29, 1.82) is 0 Å². The number of anilines is 1. The summed E-state index contributed by atoms with van der Waals surface area (Å²) < 4.78 is 6.93. The van der Waals surface area contributed by atoms with Gasteiger partial charge in [-0.3, -0.25) is 4.90 Å². The number of unbranched alkanes of at least 4 members (excludes halogenated alkanes) is 2. The average molecular weight is 506 g/mol. The Morgan fingerprint density at radius 1 is 0.972 bits per heavy atom. The van der Waals surface area contributed by atoms with E-state index in [-0.39, 0.29) is 5.56 Å². The third-order valence-electron chi connectivity index (χ3n) is 6.65. The molecule has 1 aliphatic rings. The number of benzene rings is 2. The lowest BCUT2D eigenvalue weighted by Gasteiger charge is -2.36. The summed E-state index contributed by atoms with van der Waals surface area (Å²) in [6.07, 6.45) is 5.51. The highest BCUT2D eigenvalue weighted by Crippen LogP contribution is 2.30. The fourth-order valence-electron chi connectivity index (χ4n) is 4.54. The maximum atomic E-state index is 11.1. The number of aromatic carboxylic acids is 1. The van der Waals surface area contributed by atoms with E-state index in [9.17, 15) is 4.79 Å². The number of fused-ring (bicyclic) bond motifs is 1. The lowest BCUT2D eigenvalue weighted by atomic mass is 10.1. The standard InChI is InChI=1S/C27H31N5O3S/c1-35-18-4-2-3-13-30-14-16-31(17-15-30)23-11-9-21(10-12-23)25-29-32-19-24(28-27(32)36-25)20-5-7-22(8-6-20)26(33)34/h5-12,19H,2-4,13-18H2,1H3,(H,33,34). The zero-order valence-electron chi connectivity index (χ0n) is 20.5. The maximum absolute atomic E-state index is 11.1. The van der Waals surface area contributed by atoms with Gasteiger partial charge in [-0.15, -0.1) is 0 Å². The number of carbonyl (C=O) groups is 1. The van der Waals surface area contributed by atoms with Crippen LogP contribution in [-0.2, 0) is 4.74 Å². The minimum atomic E-state index is -0.934. The van der Waals surface area contributed by atoms with E-state index in [2.05, 4.69) is 39.0 Å². The van der Waals surface area contributed by atoms with E-state index in [1.807, 2.05) is 6.20 Å². The molecule has 0 atom stereocenters. The number of methoxy groups -OCH3 is 1. The van der Waals surface area contributed by atoms with E-state index >= 15 is 0 Å².